The maximum Gasteiger partial charge on any atom is 0.201 e. The van der Waals surface area contributed by atoms with Gasteiger partial charge in [-0.05, 0) is 30.5 Å². The van der Waals surface area contributed by atoms with Crippen LogP contribution in [0.1, 0.15) is 5.56 Å². The molecule has 2 aromatic rings. The summed E-state index contributed by atoms with van der Waals surface area (Å²) >= 11 is 1.35. The first-order valence-corrected chi connectivity index (χ1v) is 7.07. The van der Waals surface area contributed by atoms with Gasteiger partial charge in [0.05, 0.1) is 5.56 Å². The molecule has 0 heterocycles. The number of oxime groups is 1. The number of nitrogens with two attached hydrogens (primary N) is 1. The van der Waals surface area contributed by atoms with Gasteiger partial charge in [-0.1, -0.05) is 17.3 Å². The lowest BCUT2D eigenvalue weighted by atomic mass is 10.2. The average Bonchev–Trinajstić information content (AvgIpc) is 2.50. The van der Waals surface area contributed by atoms with E-state index in [0.29, 0.717) is 10.5 Å². The molecule has 21 heavy (non-hydrogen) atoms. The van der Waals surface area contributed by atoms with Gasteiger partial charge in [0.25, 0.3) is 0 Å². The Morgan fingerprint density at radius 1 is 1.19 bits per heavy atom. The SMILES string of the molecule is CSc1cccc(Oc2cccc(F)c2F)c1/C(N)=N/O. The molecule has 0 aliphatic carbocycles. The first kappa shape index (κ1) is 15.1. The highest BCUT2D eigenvalue weighted by molar-refractivity contribution is 7.98. The Hall–Kier alpha value is -2.28. The molecule has 0 saturated carbocycles. The average molecular weight is 310 g/mol. The van der Waals surface area contributed by atoms with E-state index >= 15 is 0 Å². The van der Waals surface area contributed by atoms with Gasteiger partial charge in [0.1, 0.15) is 5.75 Å². The number of ether oxygens (including phenoxy) is 1. The highest BCUT2D eigenvalue weighted by Crippen LogP contribution is 2.33. The zero-order chi connectivity index (χ0) is 15.4. The van der Waals surface area contributed by atoms with Crippen LogP contribution in [0.15, 0.2) is 46.4 Å². The van der Waals surface area contributed by atoms with E-state index < -0.39 is 11.6 Å². The quantitative estimate of drug-likeness (QED) is 0.298. The minimum absolute atomic E-state index is 0.168. The summed E-state index contributed by atoms with van der Waals surface area (Å²) in [6, 6.07) is 8.55. The molecule has 0 unspecified atom stereocenters. The van der Waals surface area contributed by atoms with E-state index in [2.05, 4.69) is 5.16 Å². The van der Waals surface area contributed by atoms with Crippen LogP contribution in [0.3, 0.4) is 0 Å². The van der Waals surface area contributed by atoms with Crippen LogP contribution < -0.4 is 10.5 Å². The molecule has 0 aliphatic heterocycles. The van der Waals surface area contributed by atoms with Gasteiger partial charge in [0, 0.05) is 4.90 Å². The maximum absolute atomic E-state index is 13.7. The fraction of sp³-hybridized carbons (Fsp3) is 0.0714. The lowest BCUT2D eigenvalue weighted by Crippen LogP contribution is -2.15. The van der Waals surface area contributed by atoms with Gasteiger partial charge < -0.3 is 15.7 Å². The van der Waals surface area contributed by atoms with Crippen molar-refractivity contribution < 1.29 is 18.7 Å². The van der Waals surface area contributed by atoms with E-state index in [-0.39, 0.29) is 17.3 Å². The van der Waals surface area contributed by atoms with Crippen LogP contribution in [0, 0.1) is 11.6 Å². The third kappa shape index (κ3) is 3.08. The van der Waals surface area contributed by atoms with E-state index in [1.807, 2.05) is 0 Å². The predicted octanol–water partition coefficient (Wildman–Crippen LogP) is 3.57. The third-order valence-electron chi connectivity index (χ3n) is 2.71. The Kier molecular flexibility index (Phi) is 4.64. The number of amidine groups is 1. The summed E-state index contributed by atoms with van der Waals surface area (Å²) in [5.74, 6) is -2.40. The number of nitrogens with zero attached hydrogens (tertiary/aromatic N) is 1. The maximum atomic E-state index is 13.7. The molecule has 0 bridgehead atoms. The van der Waals surface area contributed by atoms with Crippen LogP contribution in [0.5, 0.6) is 11.5 Å². The lowest BCUT2D eigenvalue weighted by molar-refractivity contribution is 0.318. The molecule has 110 valence electrons. The number of benzene rings is 2. The van der Waals surface area contributed by atoms with E-state index in [1.54, 1.807) is 18.4 Å². The Morgan fingerprint density at radius 2 is 1.86 bits per heavy atom. The molecule has 0 radical (unpaired) electrons. The molecule has 0 saturated heterocycles. The lowest BCUT2D eigenvalue weighted by Gasteiger charge is -2.13. The van der Waals surface area contributed by atoms with Crippen LogP contribution in [-0.4, -0.2) is 17.3 Å². The molecular weight excluding hydrogens is 298 g/mol. The van der Waals surface area contributed by atoms with Crippen molar-refractivity contribution in [1.82, 2.24) is 0 Å². The van der Waals surface area contributed by atoms with Crippen molar-refractivity contribution in [3.05, 3.63) is 53.6 Å². The summed E-state index contributed by atoms with van der Waals surface area (Å²) in [6.45, 7) is 0. The van der Waals surface area contributed by atoms with E-state index in [4.69, 9.17) is 15.7 Å². The zero-order valence-electron chi connectivity index (χ0n) is 11.0. The van der Waals surface area contributed by atoms with Crippen molar-refractivity contribution in [1.29, 1.82) is 0 Å². The molecule has 4 nitrogen and oxygen atoms in total. The number of hydrogen-bond donors (Lipinski definition) is 2. The van der Waals surface area contributed by atoms with Crippen LogP contribution in [0.25, 0.3) is 0 Å². The normalized spacial score (nSPS) is 11.5. The van der Waals surface area contributed by atoms with Gasteiger partial charge in [0.15, 0.2) is 17.4 Å². The monoisotopic (exact) mass is 310 g/mol. The Morgan fingerprint density at radius 3 is 2.52 bits per heavy atom. The van der Waals surface area contributed by atoms with Gasteiger partial charge in [-0.15, -0.1) is 11.8 Å². The predicted molar refractivity (Wildman–Crippen MR) is 77.2 cm³/mol. The summed E-state index contributed by atoms with van der Waals surface area (Å²) in [4.78, 5) is 0.680. The van der Waals surface area contributed by atoms with Crippen LogP contribution in [-0.2, 0) is 0 Å². The molecule has 0 amide bonds. The third-order valence-corrected chi connectivity index (χ3v) is 3.49. The van der Waals surface area contributed by atoms with Crippen molar-refractivity contribution in [3.63, 3.8) is 0 Å². The van der Waals surface area contributed by atoms with Gasteiger partial charge in [-0.25, -0.2) is 4.39 Å². The summed E-state index contributed by atoms with van der Waals surface area (Å²) in [7, 11) is 0. The molecule has 2 rings (SSSR count). The van der Waals surface area contributed by atoms with Crippen molar-refractivity contribution in [2.45, 2.75) is 4.90 Å². The number of halogens is 2. The van der Waals surface area contributed by atoms with Crippen molar-refractivity contribution in [2.75, 3.05) is 6.26 Å². The van der Waals surface area contributed by atoms with Gasteiger partial charge in [-0.3, -0.25) is 0 Å². The number of hydrogen-bond acceptors (Lipinski definition) is 4. The summed E-state index contributed by atoms with van der Waals surface area (Å²) in [5, 5.41) is 11.8. The summed E-state index contributed by atoms with van der Waals surface area (Å²) < 4.78 is 32.3. The first-order chi connectivity index (χ1) is 10.1. The molecule has 0 atom stereocenters. The van der Waals surface area contributed by atoms with Crippen molar-refractivity contribution >= 4 is 17.6 Å². The Balaban J connectivity index is 2.52. The van der Waals surface area contributed by atoms with E-state index in [0.717, 1.165) is 6.07 Å². The van der Waals surface area contributed by atoms with Crippen LogP contribution >= 0.6 is 11.8 Å². The molecule has 3 N–H and O–H groups in total. The zero-order valence-corrected chi connectivity index (χ0v) is 11.8. The second-order valence-corrected chi connectivity index (χ2v) is 4.82. The van der Waals surface area contributed by atoms with Crippen LogP contribution in [0.4, 0.5) is 8.78 Å². The minimum Gasteiger partial charge on any atom is -0.453 e. The molecular formula is C14H12F2N2O2S. The first-order valence-electron chi connectivity index (χ1n) is 5.85. The van der Waals surface area contributed by atoms with E-state index in [1.165, 1.54) is 30.0 Å². The van der Waals surface area contributed by atoms with Crippen molar-refractivity contribution in [2.24, 2.45) is 10.9 Å². The largest absolute Gasteiger partial charge is 0.453 e. The van der Waals surface area contributed by atoms with Crippen LogP contribution in [0.2, 0.25) is 0 Å². The minimum atomic E-state index is -1.10. The number of rotatable bonds is 4. The molecule has 7 heteroatoms. The second kappa shape index (κ2) is 6.45. The second-order valence-electron chi connectivity index (χ2n) is 3.97. The molecule has 0 aromatic heterocycles. The summed E-state index contributed by atoms with van der Waals surface area (Å²) in [5.41, 5.74) is 5.95. The Labute approximate surface area is 124 Å². The molecule has 2 aromatic carbocycles. The fourth-order valence-electron chi connectivity index (χ4n) is 1.75. The smallest absolute Gasteiger partial charge is 0.201 e. The number of thioether (sulfide) groups is 1. The highest BCUT2D eigenvalue weighted by atomic mass is 32.2. The van der Waals surface area contributed by atoms with Gasteiger partial charge in [0.2, 0.25) is 5.82 Å². The van der Waals surface area contributed by atoms with E-state index in [9.17, 15) is 8.78 Å². The highest BCUT2D eigenvalue weighted by Gasteiger charge is 2.17. The standard InChI is InChI=1S/C14H12F2N2O2S/c1-21-11-7-3-5-9(12(11)14(17)18-19)20-10-6-2-4-8(15)13(10)16/h2-7,19H,1H3,(H2,17,18). The topological polar surface area (TPSA) is 67.8 Å². The Bertz CT molecular complexity index is 693. The molecule has 0 spiro atoms. The summed E-state index contributed by atoms with van der Waals surface area (Å²) in [6.07, 6.45) is 1.80. The van der Waals surface area contributed by atoms with Gasteiger partial charge >= 0.3 is 0 Å². The molecule has 0 aliphatic rings. The fourth-order valence-corrected chi connectivity index (χ4v) is 2.37. The molecule has 0 fully saturated rings. The van der Waals surface area contributed by atoms with Gasteiger partial charge in [-0.2, -0.15) is 4.39 Å². The van der Waals surface area contributed by atoms with Crippen molar-refractivity contribution in [3.8, 4) is 11.5 Å².